The maximum Gasteiger partial charge on any atom is 0.335 e. The Balaban J connectivity index is 0.000000364. The first-order chi connectivity index (χ1) is 6.43. The molecule has 0 aliphatic heterocycles. The number of ketones is 1. The van der Waals surface area contributed by atoms with Gasteiger partial charge >= 0.3 is 5.97 Å². The number of benzene rings is 1. The normalized spacial score (nSPS) is 8.43. The van der Waals surface area contributed by atoms with Crippen molar-refractivity contribution < 1.29 is 14.7 Å². The third-order valence-electron chi connectivity index (χ3n) is 1.16. The average Bonchev–Trinajstić information content (AvgIpc) is 2.03. The highest BCUT2D eigenvalue weighted by Crippen LogP contribution is 2.04. The van der Waals surface area contributed by atoms with Gasteiger partial charge in [-0.25, -0.2) is 4.79 Å². The average molecular weight is 195 g/mol. The van der Waals surface area contributed by atoms with E-state index in [0.717, 1.165) is 0 Å². The molecule has 0 bridgehead atoms. The second kappa shape index (κ2) is 5.75. The van der Waals surface area contributed by atoms with Crippen molar-refractivity contribution in [2.24, 2.45) is 0 Å². The van der Waals surface area contributed by atoms with Crippen LogP contribution in [0.5, 0.6) is 0 Å². The fraction of sp³-hybridized carbons (Fsp3) is 0.200. The predicted octanol–water partition coefficient (Wildman–Crippen LogP) is 1.56. The van der Waals surface area contributed by atoms with Crippen LogP contribution in [0.4, 0.5) is 5.69 Å². The van der Waals surface area contributed by atoms with Crippen molar-refractivity contribution in [3.63, 3.8) is 0 Å². The molecule has 0 radical (unpaired) electrons. The van der Waals surface area contributed by atoms with Gasteiger partial charge < -0.3 is 15.6 Å². The summed E-state index contributed by atoms with van der Waals surface area (Å²) >= 11 is 0. The van der Waals surface area contributed by atoms with Crippen LogP contribution >= 0.6 is 0 Å². The van der Waals surface area contributed by atoms with Gasteiger partial charge in [0.1, 0.15) is 5.78 Å². The number of nitrogens with two attached hydrogens (primary N) is 1. The first kappa shape index (κ1) is 12.2. The van der Waals surface area contributed by atoms with Gasteiger partial charge in [-0.1, -0.05) is 0 Å². The van der Waals surface area contributed by atoms with E-state index in [1.54, 1.807) is 12.1 Å². The lowest BCUT2D eigenvalue weighted by Gasteiger charge is -1.93. The molecule has 0 amide bonds. The minimum Gasteiger partial charge on any atom is -0.478 e. The lowest BCUT2D eigenvalue weighted by Crippen LogP contribution is -1.95. The molecule has 0 spiro atoms. The van der Waals surface area contributed by atoms with Crippen LogP contribution in [-0.2, 0) is 4.79 Å². The number of carboxylic acid groups (broad SMARTS) is 1. The van der Waals surface area contributed by atoms with E-state index in [-0.39, 0.29) is 11.3 Å². The molecular weight excluding hydrogens is 182 g/mol. The Kier molecular flexibility index (Phi) is 4.99. The summed E-state index contributed by atoms with van der Waals surface area (Å²) in [6, 6.07) is 6.06. The number of nitrogen functional groups attached to an aromatic ring is 1. The van der Waals surface area contributed by atoms with Gasteiger partial charge in [-0.15, -0.1) is 0 Å². The van der Waals surface area contributed by atoms with Crippen molar-refractivity contribution in [1.29, 1.82) is 0 Å². The molecule has 14 heavy (non-hydrogen) atoms. The van der Waals surface area contributed by atoms with Gasteiger partial charge in [0.25, 0.3) is 0 Å². The van der Waals surface area contributed by atoms with E-state index in [2.05, 4.69) is 0 Å². The minimum absolute atomic E-state index is 0.167. The van der Waals surface area contributed by atoms with E-state index in [1.165, 1.54) is 26.0 Å². The molecule has 0 aliphatic carbocycles. The van der Waals surface area contributed by atoms with E-state index in [4.69, 9.17) is 10.8 Å². The highest BCUT2D eigenvalue weighted by Gasteiger charge is 1.98. The van der Waals surface area contributed by atoms with Crippen LogP contribution in [-0.4, -0.2) is 16.9 Å². The van der Waals surface area contributed by atoms with Crippen LogP contribution in [0.15, 0.2) is 24.3 Å². The van der Waals surface area contributed by atoms with Gasteiger partial charge in [0.15, 0.2) is 0 Å². The molecule has 0 unspecified atom stereocenters. The standard InChI is InChI=1S/C7H7NO2.C3H6O/c8-6-3-1-5(2-4-6)7(9)10;1-3(2)4/h1-4H,8H2,(H,9,10);1-2H3. The molecule has 4 heteroatoms. The van der Waals surface area contributed by atoms with Crippen LogP contribution in [0.2, 0.25) is 0 Å². The maximum absolute atomic E-state index is 10.3. The third-order valence-corrected chi connectivity index (χ3v) is 1.16. The van der Waals surface area contributed by atoms with E-state index < -0.39 is 5.97 Å². The number of anilines is 1. The highest BCUT2D eigenvalue weighted by atomic mass is 16.4. The zero-order valence-electron chi connectivity index (χ0n) is 8.15. The van der Waals surface area contributed by atoms with Crippen molar-refractivity contribution in [3.05, 3.63) is 29.8 Å². The Bertz CT molecular complexity index is 313. The van der Waals surface area contributed by atoms with Crippen molar-refractivity contribution in [3.8, 4) is 0 Å². The minimum atomic E-state index is -0.931. The molecule has 0 atom stereocenters. The number of carbonyl (C=O) groups excluding carboxylic acids is 1. The zero-order valence-corrected chi connectivity index (χ0v) is 8.15. The molecule has 0 aliphatic rings. The molecule has 0 fully saturated rings. The summed E-state index contributed by atoms with van der Waals surface area (Å²) in [5.41, 5.74) is 6.17. The van der Waals surface area contributed by atoms with Crippen LogP contribution in [0.3, 0.4) is 0 Å². The Morgan fingerprint density at radius 2 is 1.50 bits per heavy atom. The lowest BCUT2D eigenvalue weighted by atomic mass is 10.2. The van der Waals surface area contributed by atoms with Gasteiger partial charge in [0, 0.05) is 5.69 Å². The number of hydrogen-bond acceptors (Lipinski definition) is 3. The maximum atomic E-state index is 10.3. The Labute approximate surface area is 82.4 Å². The molecule has 3 N–H and O–H groups in total. The van der Waals surface area contributed by atoms with Crippen molar-refractivity contribution in [2.75, 3.05) is 5.73 Å². The van der Waals surface area contributed by atoms with E-state index in [9.17, 15) is 9.59 Å². The molecule has 0 saturated carbocycles. The summed E-state index contributed by atoms with van der Waals surface area (Å²) in [4.78, 5) is 19.7. The van der Waals surface area contributed by atoms with E-state index in [0.29, 0.717) is 5.69 Å². The van der Waals surface area contributed by atoms with Crippen LogP contribution in [0.1, 0.15) is 24.2 Å². The molecule has 1 aromatic rings. The van der Waals surface area contributed by atoms with Gasteiger partial charge in [0.05, 0.1) is 5.56 Å². The monoisotopic (exact) mass is 195 g/mol. The Morgan fingerprint density at radius 1 is 1.14 bits per heavy atom. The van der Waals surface area contributed by atoms with Gasteiger partial charge in [-0.2, -0.15) is 0 Å². The second-order valence-corrected chi connectivity index (χ2v) is 2.84. The summed E-state index contributed by atoms with van der Waals surface area (Å²) in [6.45, 7) is 3.06. The van der Waals surface area contributed by atoms with Gasteiger partial charge in [0.2, 0.25) is 0 Å². The number of hydrogen-bond donors (Lipinski definition) is 2. The van der Waals surface area contributed by atoms with Gasteiger partial charge in [-0.05, 0) is 38.1 Å². The zero-order chi connectivity index (χ0) is 11.1. The largest absolute Gasteiger partial charge is 0.478 e. The highest BCUT2D eigenvalue weighted by molar-refractivity contribution is 5.87. The lowest BCUT2D eigenvalue weighted by molar-refractivity contribution is -0.114. The Morgan fingerprint density at radius 3 is 1.79 bits per heavy atom. The first-order valence-electron chi connectivity index (χ1n) is 3.99. The molecular formula is C10H13NO3. The van der Waals surface area contributed by atoms with E-state index >= 15 is 0 Å². The van der Waals surface area contributed by atoms with Crippen LogP contribution in [0, 0.1) is 0 Å². The molecule has 1 aromatic carbocycles. The topological polar surface area (TPSA) is 80.4 Å². The van der Waals surface area contributed by atoms with Crippen molar-refractivity contribution in [1.82, 2.24) is 0 Å². The second-order valence-electron chi connectivity index (χ2n) is 2.84. The quantitative estimate of drug-likeness (QED) is 0.666. The molecule has 0 aromatic heterocycles. The predicted molar refractivity (Wildman–Crippen MR) is 54.2 cm³/mol. The number of rotatable bonds is 1. The smallest absolute Gasteiger partial charge is 0.335 e. The van der Waals surface area contributed by atoms with Gasteiger partial charge in [-0.3, -0.25) is 0 Å². The Hall–Kier alpha value is -1.84. The molecule has 76 valence electrons. The van der Waals surface area contributed by atoms with Crippen molar-refractivity contribution >= 4 is 17.4 Å². The first-order valence-corrected chi connectivity index (χ1v) is 3.99. The van der Waals surface area contributed by atoms with Crippen LogP contribution < -0.4 is 5.73 Å². The third kappa shape index (κ3) is 5.77. The number of carbonyl (C=O) groups is 2. The fourth-order valence-corrected chi connectivity index (χ4v) is 0.626. The SMILES string of the molecule is CC(C)=O.Nc1ccc(C(=O)O)cc1. The van der Waals surface area contributed by atoms with Crippen LogP contribution in [0.25, 0.3) is 0 Å². The molecule has 4 nitrogen and oxygen atoms in total. The van der Waals surface area contributed by atoms with E-state index in [1.807, 2.05) is 0 Å². The number of carboxylic acids is 1. The summed E-state index contributed by atoms with van der Waals surface area (Å²) in [6.07, 6.45) is 0. The van der Waals surface area contributed by atoms with Crippen molar-refractivity contribution in [2.45, 2.75) is 13.8 Å². The number of aromatic carboxylic acids is 1. The summed E-state index contributed by atoms with van der Waals surface area (Å²) in [7, 11) is 0. The fourth-order valence-electron chi connectivity index (χ4n) is 0.626. The molecule has 0 saturated heterocycles. The summed E-state index contributed by atoms with van der Waals surface area (Å²) in [5, 5.41) is 8.43. The molecule has 1 rings (SSSR count). The summed E-state index contributed by atoms with van der Waals surface area (Å²) < 4.78 is 0. The number of Topliss-reactive ketones (excluding diaryl/α,β-unsaturated/α-hetero) is 1. The molecule has 0 heterocycles. The summed E-state index contributed by atoms with van der Waals surface area (Å²) in [5.74, 6) is -0.764.